The molecule has 2 aromatic heterocycles. The van der Waals surface area contributed by atoms with Crippen LogP contribution >= 0.6 is 0 Å². The summed E-state index contributed by atoms with van der Waals surface area (Å²) in [5.41, 5.74) is 3.09. The maximum atomic E-state index is 12.9. The van der Waals surface area contributed by atoms with Crippen LogP contribution in [0, 0.1) is 6.92 Å². The molecule has 7 heteroatoms. The molecule has 0 bridgehead atoms. The Hall–Kier alpha value is -2.70. The van der Waals surface area contributed by atoms with Crippen molar-refractivity contribution < 1.29 is 4.79 Å². The van der Waals surface area contributed by atoms with Gasteiger partial charge in [-0.1, -0.05) is 0 Å². The Labute approximate surface area is 133 Å². The van der Waals surface area contributed by atoms with Crippen LogP contribution in [-0.4, -0.2) is 42.3 Å². The van der Waals surface area contributed by atoms with Crippen molar-refractivity contribution in [1.82, 2.24) is 29.9 Å². The predicted molar refractivity (Wildman–Crippen MR) is 84.8 cm³/mol. The molecule has 1 aliphatic rings. The summed E-state index contributed by atoms with van der Waals surface area (Å²) in [6.07, 6.45) is 3.94. The minimum atomic E-state index is 0.0260. The smallest absolute Gasteiger partial charge is 0.254 e. The first-order chi connectivity index (χ1) is 11.1. The number of likely N-dealkylation sites (tertiary alicyclic amines) is 1. The maximum absolute atomic E-state index is 12.9. The number of aromatic nitrogens is 5. The third kappa shape index (κ3) is 2.28. The maximum Gasteiger partial charge on any atom is 0.254 e. The Bertz CT molecular complexity index is 880. The first-order valence-corrected chi connectivity index (χ1v) is 7.75. The van der Waals surface area contributed by atoms with E-state index in [1.807, 2.05) is 41.8 Å². The summed E-state index contributed by atoms with van der Waals surface area (Å²) in [7, 11) is 1.98. The zero-order chi connectivity index (χ0) is 16.0. The molecule has 23 heavy (non-hydrogen) atoms. The van der Waals surface area contributed by atoms with E-state index in [-0.39, 0.29) is 11.9 Å². The van der Waals surface area contributed by atoms with E-state index in [0.717, 1.165) is 36.4 Å². The molecule has 0 radical (unpaired) electrons. The van der Waals surface area contributed by atoms with Gasteiger partial charge in [-0.3, -0.25) is 4.79 Å². The quantitative estimate of drug-likeness (QED) is 0.785. The van der Waals surface area contributed by atoms with Crippen molar-refractivity contribution in [1.29, 1.82) is 0 Å². The number of nitrogens with zero attached hydrogens (tertiary/aromatic N) is 5. The van der Waals surface area contributed by atoms with Gasteiger partial charge in [-0.2, -0.15) is 15.4 Å². The second-order valence-electron chi connectivity index (χ2n) is 6.04. The summed E-state index contributed by atoms with van der Waals surface area (Å²) in [5.74, 6) is 0.980. The van der Waals surface area contributed by atoms with Crippen LogP contribution < -0.4 is 0 Å². The van der Waals surface area contributed by atoms with Crippen molar-refractivity contribution in [2.45, 2.75) is 25.8 Å². The molecule has 1 atom stereocenters. The van der Waals surface area contributed by atoms with E-state index in [4.69, 9.17) is 0 Å². The van der Waals surface area contributed by atoms with E-state index < -0.39 is 0 Å². The number of aromatic amines is 1. The molecular formula is C16H18N6O. The topological polar surface area (TPSA) is 79.7 Å². The molecule has 118 valence electrons. The average molecular weight is 310 g/mol. The molecule has 3 heterocycles. The Morgan fingerprint density at radius 2 is 2.13 bits per heavy atom. The van der Waals surface area contributed by atoms with Gasteiger partial charge in [0.1, 0.15) is 16.9 Å². The number of hydrogen-bond acceptors (Lipinski definition) is 4. The van der Waals surface area contributed by atoms with Crippen molar-refractivity contribution in [2.75, 3.05) is 6.54 Å². The number of carbonyl (C=O) groups excluding carboxylic acids is 1. The molecular weight excluding hydrogens is 292 g/mol. The largest absolute Gasteiger partial charge is 0.336 e. The SMILES string of the molecule is Cc1cn(C)c(C2CCCN2C(=O)c2ccc3n[nH]nc3c2)n1. The van der Waals surface area contributed by atoms with E-state index in [1.165, 1.54) is 0 Å². The normalized spacial score (nSPS) is 18.0. The summed E-state index contributed by atoms with van der Waals surface area (Å²) >= 11 is 0. The Kier molecular flexibility index (Phi) is 3.14. The fourth-order valence-corrected chi connectivity index (χ4v) is 3.36. The lowest BCUT2D eigenvalue weighted by atomic mass is 10.1. The molecule has 7 nitrogen and oxygen atoms in total. The molecule has 1 saturated heterocycles. The molecule has 0 spiro atoms. The molecule has 1 aliphatic heterocycles. The lowest BCUT2D eigenvalue weighted by Crippen LogP contribution is -2.31. The summed E-state index contributed by atoms with van der Waals surface area (Å²) in [6.45, 7) is 2.73. The molecule has 1 unspecified atom stereocenters. The van der Waals surface area contributed by atoms with Crippen LogP contribution in [0.1, 0.15) is 40.8 Å². The van der Waals surface area contributed by atoms with E-state index in [0.29, 0.717) is 11.1 Å². The van der Waals surface area contributed by atoms with Crippen LogP contribution in [0.15, 0.2) is 24.4 Å². The molecule has 3 aromatic rings. The summed E-state index contributed by atoms with van der Waals surface area (Å²) in [4.78, 5) is 19.5. The molecule has 4 rings (SSSR count). The number of fused-ring (bicyclic) bond motifs is 1. The number of hydrogen-bond donors (Lipinski definition) is 1. The highest BCUT2D eigenvalue weighted by Crippen LogP contribution is 2.32. The zero-order valence-corrected chi connectivity index (χ0v) is 13.2. The van der Waals surface area contributed by atoms with Crippen LogP contribution in [-0.2, 0) is 7.05 Å². The number of benzene rings is 1. The van der Waals surface area contributed by atoms with Crippen LogP contribution in [0.3, 0.4) is 0 Å². The number of H-pyrrole nitrogens is 1. The van der Waals surface area contributed by atoms with E-state index in [1.54, 1.807) is 6.07 Å². The molecule has 0 saturated carbocycles. The van der Waals surface area contributed by atoms with Gasteiger partial charge in [-0.15, -0.1) is 0 Å². The van der Waals surface area contributed by atoms with E-state index in [9.17, 15) is 4.79 Å². The Balaban J connectivity index is 1.67. The fraction of sp³-hybridized carbons (Fsp3) is 0.375. The zero-order valence-electron chi connectivity index (χ0n) is 13.2. The number of imidazole rings is 1. The van der Waals surface area contributed by atoms with Crippen LogP contribution in [0.5, 0.6) is 0 Å². The highest BCUT2D eigenvalue weighted by molar-refractivity contribution is 5.97. The van der Waals surface area contributed by atoms with Gasteiger partial charge in [0.2, 0.25) is 0 Å². The van der Waals surface area contributed by atoms with Crippen molar-refractivity contribution in [3.05, 3.63) is 41.5 Å². The van der Waals surface area contributed by atoms with Gasteiger partial charge < -0.3 is 9.47 Å². The number of nitrogens with one attached hydrogen (secondary N) is 1. The fourth-order valence-electron chi connectivity index (χ4n) is 3.36. The summed E-state index contributed by atoms with van der Waals surface area (Å²) in [6, 6.07) is 5.46. The lowest BCUT2D eigenvalue weighted by Gasteiger charge is -2.24. The van der Waals surface area contributed by atoms with Gasteiger partial charge in [-0.25, -0.2) is 4.98 Å². The molecule has 1 fully saturated rings. The van der Waals surface area contributed by atoms with Crippen LogP contribution in [0.2, 0.25) is 0 Å². The number of aryl methyl sites for hydroxylation is 2. The third-order valence-corrected chi connectivity index (χ3v) is 4.41. The van der Waals surface area contributed by atoms with Crippen molar-refractivity contribution >= 4 is 16.9 Å². The third-order valence-electron chi connectivity index (χ3n) is 4.41. The number of rotatable bonds is 2. The van der Waals surface area contributed by atoms with Gasteiger partial charge in [-0.05, 0) is 38.0 Å². The van der Waals surface area contributed by atoms with Gasteiger partial charge in [0.05, 0.1) is 11.7 Å². The lowest BCUT2D eigenvalue weighted by molar-refractivity contribution is 0.0728. The van der Waals surface area contributed by atoms with E-state index in [2.05, 4.69) is 20.4 Å². The summed E-state index contributed by atoms with van der Waals surface area (Å²) < 4.78 is 2.02. The van der Waals surface area contributed by atoms with Crippen LogP contribution in [0.4, 0.5) is 0 Å². The minimum Gasteiger partial charge on any atom is -0.336 e. The van der Waals surface area contributed by atoms with Crippen molar-refractivity contribution in [3.63, 3.8) is 0 Å². The van der Waals surface area contributed by atoms with Gasteiger partial charge in [0.25, 0.3) is 5.91 Å². The Morgan fingerprint density at radius 1 is 1.30 bits per heavy atom. The summed E-state index contributed by atoms with van der Waals surface area (Å²) in [5, 5.41) is 10.7. The first kappa shape index (κ1) is 13.9. The molecule has 1 aromatic carbocycles. The van der Waals surface area contributed by atoms with Crippen molar-refractivity contribution in [3.8, 4) is 0 Å². The highest BCUT2D eigenvalue weighted by Gasteiger charge is 2.33. The predicted octanol–water partition coefficient (Wildman–Crippen LogP) is 1.98. The second-order valence-corrected chi connectivity index (χ2v) is 6.04. The van der Waals surface area contributed by atoms with Gasteiger partial charge in [0.15, 0.2) is 0 Å². The first-order valence-electron chi connectivity index (χ1n) is 7.75. The Morgan fingerprint density at radius 3 is 2.91 bits per heavy atom. The van der Waals surface area contributed by atoms with E-state index >= 15 is 0 Å². The average Bonchev–Trinajstić information content (AvgIpc) is 3.24. The number of amides is 1. The molecule has 1 N–H and O–H groups in total. The standard InChI is InChI=1S/C16H18N6O/c1-10-9-21(2)15(17-10)14-4-3-7-22(14)16(23)11-5-6-12-13(8-11)19-20-18-12/h5-6,8-9,14H,3-4,7H2,1-2H3,(H,18,19,20). The minimum absolute atomic E-state index is 0.0260. The highest BCUT2D eigenvalue weighted by atomic mass is 16.2. The van der Waals surface area contributed by atoms with Crippen LogP contribution in [0.25, 0.3) is 11.0 Å². The van der Waals surface area contributed by atoms with Crippen molar-refractivity contribution in [2.24, 2.45) is 7.05 Å². The molecule has 1 amide bonds. The van der Waals surface area contributed by atoms with Gasteiger partial charge in [0, 0.05) is 25.4 Å². The number of carbonyl (C=O) groups is 1. The monoisotopic (exact) mass is 310 g/mol. The van der Waals surface area contributed by atoms with Gasteiger partial charge >= 0.3 is 0 Å². The molecule has 0 aliphatic carbocycles. The second kappa shape index (κ2) is 5.19.